The molecule has 2 bridgehead atoms. The molecule has 11 nitrogen and oxygen atoms in total. The van der Waals surface area contributed by atoms with Crippen LogP contribution in [-0.2, 0) is 15.7 Å². The van der Waals surface area contributed by atoms with Gasteiger partial charge in [-0.3, -0.25) is 15.2 Å². The molecular formula is C26H26F3N7O4. The molecule has 1 N–H and O–H groups in total. The van der Waals surface area contributed by atoms with Crippen LogP contribution in [0, 0.1) is 0 Å². The molecule has 0 radical (unpaired) electrons. The number of hydrogen-bond donors (Lipinski definition) is 1. The Hall–Kier alpha value is -4.04. The number of anilines is 3. The van der Waals surface area contributed by atoms with Crippen molar-refractivity contribution in [3.8, 4) is 17.3 Å². The smallest absolute Gasteiger partial charge is 0.416 e. The average molecular weight is 558 g/mol. The first kappa shape index (κ1) is 26.2. The van der Waals surface area contributed by atoms with Crippen LogP contribution in [0.15, 0.2) is 42.9 Å². The molecule has 2 saturated heterocycles. The Labute approximate surface area is 227 Å². The molecule has 210 valence electrons. The third-order valence-electron chi connectivity index (χ3n) is 6.85. The fraction of sp³-hybridized carbons (Fsp3) is 0.423. The molecule has 5 heterocycles. The molecule has 6 rings (SSSR count). The number of rotatable bonds is 5. The van der Waals surface area contributed by atoms with Crippen LogP contribution in [0.2, 0.25) is 0 Å². The highest BCUT2D eigenvalue weighted by Gasteiger charge is 2.41. The highest BCUT2D eigenvalue weighted by molar-refractivity contribution is 6.04. The summed E-state index contributed by atoms with van der Waals surface area (Å²) in [4.78, 5) is 34.4. The number of nitrogens with one attached hydrogen (secondary N) is 1. The predicted octanol–water partition coefficient (Wildman–Crippen LogP) is 4.11. The van der Waals surface area contributed by atoms with Gasteiger partial charge in [-0.2, -0.15) is 18.2 Å². The molecule has 0 unspecified atom stereocenters. The van der Waals surface area contributed by atoms with E-state index in [1.807, 2.05) is 13.8 Å². The summed E-state index contributed by atoms with van der Waals surface area (Å²) in [5.41, 5.74) is 0.0206. The molecule has 0 spiro atoms. The Morgan fingerprint density at radius 3 is 2.85 bits per heavy atom. The van der Waals surface area contributed by atoms with Crippen LogP contribution in [0.4, 0.5) is 35.3 Å². The standard InChI is InChI=1S/C26H26F3N7O4/c1-25(2)39-14-18(40-25)13-38-21-11-30-10-20(32-21)33-24(37)36-17-6-7-35(12-17)19-9-31-22(34-23(19)36)15-4-3-5-16(8-15)26(27,28)29/h3-5,8-11,17-18H,6-7,12-14H2,1-2H3,(H,32,33,37)/t17-,18+/m0/s1. The minimum atomic E-state index is -4.51. The molecule has 2 atom stereocenters. The highest BCUT2D eigenvalue weighted by atomic mass is 19.4. The van der Waals surface area contributed by atoms with E-state index in [-0.39, 0.29) is 41.8 Å². The molecule has 2 fully saturated rings. The lowest BCUT2D eigenvalue weighted by Crippen LogP contribution is -2.48. The first-order valence-electron chi connectivity index (χ1n) is 12.7. The molecule has 1 aromatic carbocycles. The Morgan fingerprint density at radius 2 is 2.08 bits per heavy atom. The quantitative estimate of drug-likeness (QED) is 0.495. The average Bonchev–Trinajstić information content (AvgIpc) is 3.50. The van der Waals surface area contributed by atoms with Gasteiger partial charge in [0.25, 0.3) is 0 Å². The zero-order chi connectivity index (χ0) is 28.1. The third-order valence-corrected chi connectivity index (χ3v) is 6.85. The van der Waals surface area contributed by atoms with E-state index >= 15 is 0 Å². The van der Waals surface area contributed by atoms with Crippen molar-refractivity contribution in [2.24, 2.45) is 0 Å². The topological polar surface area (TPSA) is 115 Å². The maximum atomic E-state index is 13.5. The molecule has 0 aliphatic carbocycles. The van der Waals surface area contributed by atoms with Crippen LogP contribution in [0.5, 0.6) is 5.88 Å². The van der Waals surface area contributed by atoms with Crippen molar-refractivity contribution in [3.63, 3.8) is 0 Å². The summed E-state index contributed by atoms with van der Waals surface area (Å²) in [6.07, 6.45) is 0.283. The third kappa shape index (κ3) is 5.23. The fourth-order valence-electron chi connectivity index (χ4n) is 5.02. The van der Waals surface area contributed by atoms with Gasteiger partial charge in [-0.25, -0.2) is 14.8 Å². The molecule has 40 heavy (non-hydrogen) atoms. The number of ether oxygens (including phenoxy) is 3. The Kier molecular flexibility index (Phi) is 6.45. The maximum Gasteiger partial charge on any atom is 0.416 e. The van der Waals surface area contributed by atoms with Crippen molar-refractivity contribution in [1.82, 2.24) is 19.9 Å². The second kappa shape index (κ2) is 9.86. The molecule has 3 aliphatic rings. The molecule has 14 heteroatoms. The van der Waals surface area contributed by atoms with E-state index in [1.165, 1.54) is 29.4 Å². The van der Waals surface area contributed by atoms with Gasteiger partial charge in [0.1, 0.15) is 12.7 Å². The van der Waals surface area contributed by atoms with E-state index in [0.717, 1.165) is 12.1 Å². The summed E-state index contributed by atoms with van der Waals surface area (Å²) in [6, 6.07) is 4.11. The minimum Gasteiger partial charge on any atom is -0.474 e. The summed E-state index contributed by atoms with van der Waals surface area (Å²) in [7, 11) is 0. The highest BCUT2D eigenvalue weighted by Crippen LogP contribution is 2.40. The number of nitrogens with zero attached hydrogens (tertiary/aromatic N) is 6. The van der Waals surface area contributed by atoms with Gasteiger partial charge in [-0.1, -0.05) is 12.1 Å². The first-order chi connectivity index (χ1) is 19.1. The Morgan fingerprint density at radius 1 is 1.23 bits per heavy atom. The first-order valence-corrected chi connectivity index (χ1v) is 12.7. The lowest BCUT2D eigenvalue weighted by atomic mass is 10.1. The Bertz CT molecular complexity index is 1440. The summed E-state index contributed by atoms with van der Waals surface area (Å²) >= 11 is 0. The van der Waals surface area contributed by atoms with E-state index in [4.69, 9.17) is 14.2 Å². The normalized spacial score (nSPS) is 21.3. The maximum absolute atomic E-state index is 13.5. The second-order valence-electron chi connectivity index (χ2n) is 10.2. The lowest BCUT2D eigenvalue weighted by molar-refractivity contribution is -0.141. The number of alkyl halides is 3. The molecule has 3 aliphatic heterocycles. The van der Waals surface area contributed by atoms with Crippen LogP contribution in [-0.4, -0.2) is 70.2 Å². The van der Waals surface area contributed by atoms with Crippen LogP contribution in [0.25, 0.3) is 11.4 Å². The number of amides is 2. The summed E-state index contributed by atoms with van der Waals surface area (Å²) < 4.78 is 56.8. The van der Waals surface area contributed by atoms with Crippen molar-refractivity contribution >= 4 is 23.4 Å². The summed E-state index contributed by atoms with van der Waals surface area (Å²) in [5.74, 6) is 0.0873. The van der Waals surface area contributed by atoms with Gasteiger partial charge in [0.15, 0.2) is 23.2 Å². The fourth-order valence-corrected chi connectivity index (χ4v) is 5.02. The van der Waals surface area contributed by atoms with E-state index in [0.29, 0.717) is 37.6 Å². The molecule has 2 aromatic heterocycles. The SMILES string of the molecule is CC1(C)OC[C@@H](COc2cncc(NC(=O)N3c4nc(-c5cccc(C(F)(F)F)c5)ncc4N4CC[C@H]3C4)n2)O1. The number of carbonyl (C=O) groups is 1. The zero-order valence-electron chi connectivity index (χ0n) is 21.7. The second-order valence-corrected chi connectivity index (χ2v) is 10.2. The van der Waals surface area contributed by atoms with E-state index in [2.05, 4.69) is 30.2 Å². The number of fused-ring (bicyclic) bond motifs is 4. The molecule has 3 aromatic rings. The van der Waals surface area contributed by atoms with Gasteiger partial charge in [0.05, 0.1) is 42.5 Å². The molecule has 2 amide bonds. The molecular weight excluding hydrogens is 531 g/mol. The summed E-state index contributed by atoms with van der Waals surface area (Å²) in [6.45, 7) is 5.50. The van der Waals surface area contributed by atoms with Gasteiger partial charge in [0, 0.05) is 18.7 Å². The predicted molar refractivity (Wildman–Crippen MR) is 137 cm³/mol. The van der Waals surface area contributed by atoms with E-state index < -0.39 is 23.6 Å². The number of aromatic nitrogens is 4. The molecule has 0 saturated carbocycles. The van der Waals surface area contributed by atoms with Crippen molar-refractivity contribution in [3.05, 3.63) is 48.4 Å². The van der Waals surface area contributed by atoms with Gasteiger partial charge < -0.3 is 19.1 Å². The number of benzene rings is 1. The number of carbonyl (C=O) groups excluding carboxylic acids is 1. The largest absolute Gasteiger partial charge is 0.474 e. The van der Waals surface area contributed by atoms with Crippen molar-refractivity contribution < 1.29 is 32.2 Å². The number of hydrogen-bond acceptors (Lipinski definition) is 9. The number of urea groups is 1. The Balaban J connectivity index is 1.22. The van der Waals surface area contributed by atoms with E-state index in [9.17, 15) is 18.0 Å². The zero-order valence-corrected chi connectivity index (χ0v) is 21.7. The van der Waals surface area contributed by atoms with Gasteiger partial charge in [0.2, 0.25) is 5.88 Å². The monoisotopic (exact) mass is 557 g/mol. The van der Waals surface area contributed by atoms with Crippen LogP contribution in [0.3, 0.4) is 0 Å². The van der Waals surface area contributed by atoms with E-state index in [1.54, 1.807) is 6.20 Å². The van der Waals surface area contributed by atoms with Crippen LogP contribution in [0.1, 0.15) is 25.8 Å². The number of halogens is 3. The van der Waals surface area contributed by atoms with Gasteiger partial charge in [-0.05, 0) is 32.4 Å². The van der Waals surface area contributed by atoms with Gasteiger partial charge >= 0.3 is 12.2 Å². The van der Waals surface area contributed by atoms with Crippen LogP contribution < -0.4 is 19.9 Å². The van der Waals surface area contributed by atoms with Crippen molar-refractivity contribution in [2.75, 3.05) is 41.4 Å². The van der Waals surface area contributed by atoms with Gasteiger partial charge in [-0.15, -0.1) is 0 Å². The minimum absolute atomic E-state index is 0.0848. The lowest BCUT2D eigenvalue weighted by Gasteiger charge is -2.35. The van der Waals surface area contributed by atoms with Crippen LogP contribution >= 0.6 is 0 Å². The summed E-state index contributed by atoms with van der Waals surface area (Å²) in [5, 5.41) is 2.75. The van der Waals surface area contributed by atoms with Crippen molar-refractivity contribution in [1.29, 1.82) is 0 Å². The van der Waals surface area contributed by atoms with Crippen molar-refractivity contribution in [2.45, 2.75) is 44.4 Å².